The van der Waals surface area contributed by atoms with Gasteiger partial charge in [-0.1, -0.05) is 0 Å². The van der Waals surface area contributed by atoms with Gasteiger partial charge in [-0.2, -0.15) is 0 Å². The molecule has 0 amide bonds. The number of rotatable bonds is 7. The number of sulfone groups is 1. The third-order valence-corrected chi connectivity index (χ3v) is 8.53. The first-order chi connectivity index (χ1) is 12.0. The Morgan fingerprint density at radius 2 is 1.81 bits per heavy atom. The second-order valence-corrected chi connectivity index (χ2v) is 11.0. The molecule has 0 radical (unpaired) electrons. The Morgan fingerprint density at radius 3 is 2.30 bits per heavy atom. The highest BCUT2D eigenvalue weighted by molar-refractivity contribution is 7.95. The van der Waals surface area contributed by atoms with Gasteiger partial charge in [-0.25, -0.2) is 22.0 Å². The van der Waals surface area contributed by atoms with Crippen LogP contribution < -0.4 is 10.5 Å². The Kier molecular flexibility index (Phi) is 6.05. The van der Waals surface area contributed by atoms with Crippen molar-refractivity contribution in [3.05, 3.63) is 11.6 Å². The minimum absolute atomic E-state index is 0.0589. The molecule has 1 aliphatic heterocycles. The standard InChI is InChI=1S/C11H18N2O11S3/c12-27(22,23)8-1-5-6(13-3-10(14,15)16)2-7(24-4-11(17,18)19)26(20,21)9(5)25-8/h1,6-7,13-19H,2-4H2,(H2,12,22,23). The lowest BCUT2D eigenvalue weighted by Gasteiger charge is -2.31. The number of hydrogen-bond acceptors (Lipinski definition) is 13. The van der Waals surface area contributed by atoms with Crippen LogP contribution >= 0.6 is 11.3 Å². The SMILES string of the molecule is NS(=O)(=O)c1cc2c(s1)S(=O)(=O)C(OCC(O)(O)O)CC2NCC(O)(O)O. The average molecular weight is 450 g/mol. The van der Waals surface area contributed by atoms with E-state index in [1.54, 1.807) is 0 Å². The summed E-state index contributed by atoms with van der Waals surface area (Å²) in [7, 11) is -8.57. The van der Waals surface area contributed by atoms with Gasteiger partial charge in [0.05, 0.1) is 6.54 Å². The number of primary sulfonamides is 1. The third kappa shape index (κ3) is 5.62. The van der Waals surface area contributed by atoms with Gasteiger partial charge in [0.2, 0.25) is 19.9 Å². The molecule has 2 unspecified atom stereocenters. The molecule has 1 aromatic heterocycles. The van der Waals surface area contributed by atoms with E-state index in [0.29, 0.717) is 11.3 Å². The Bertz CT molecular complexity index is 895. The van der Waals surface area contributed by atoms with Crippen LogP contribution in [0.4, 0.5) is 0 Å². The Labute approximate surface area is 157 Å². The van der Waals surface area contributed by atoms with Crippen molar-refractivity contribution in [2.45, 2.75) is 38.3 Å². The van der Waals surface area contributed by atoms with Gasteiger partial charge in [0.25, 0.3) is 11.9 Å². The third-order valence-electron chi connectivity index (χ3n) is 3.44. The van der Waals surface area contributed by atoms with Crippen LogP contribution in [0.25, 0.3) is 0 Å². The van der Waals surface area contributed by atoms with Crippen molar-refractivity contribution in [3.63, 3.8) is 0 Å². The molecule has 16 heteroatoms. The maximum Gasteiger partial charge on any atom is 0.300 e. The van der Waals surface area contributed by atoms with E-state index in [1.807, 2.05) is 0 Å². The molecule has 156 valence electrons. The maximum atomic E-state index is 12.6. The monoisotopic (exact) mass is 450 g/mol. The van der Waals surface area contributed by atoms with Crippen LogP contribution in [0.1, 0.15) is 18.0 Å². The predicted octanol–water partition coefficient (Wildman–Crippen LogP) is -4.19. The van der Waals surface area contributed by atoms with Gasteiger partial charge < -0.3 is 40.7 Å². The normalized spacial score (nSPS) is 23.2. The highest BCUT2D eigenvalue weighted by Gasteiger charge is 2.43. The van der Waals surface area contributed by atoms with Crippen molar-refractivity contribution in [1.29, 1.82) is 0 Å². The fraction of sp³-hybridized carbons (Fsp3) is 0.636. The number of hydrogen-bond donors (Lipinski definition) is 8. The zero-order valence-electron chi connectivity index (χ0n) is 13.4. The molecule has 13 nitrogen and oxygen atoms in total. The highest BCUT2D eigenvalue weighted by atomic mass is 32.3. The fourth-order valence-corrected chi connectivity index (χ4v) is 6.72. The molecule has 0 saturated heterocycles. The van der Waals surface area contributed by atoms with E-state index in [4.69, 9.17) is 40.5 Å². The molecule has 27 heavy (non-hydrogen) atoms. The number of nitrogens with one attached hydrogen (secondary N) is 1. The first kappa shape index (κ1) is 22.5. The predicted molar refractivity (Wildman–Crippen MR) is 86.8 cm³/mol. The minimum Gasteiger partial charge on any atom is -0.353 e. The van der Waals surface area contributed by atoms with Crippen LogP contribution in [0.2, 0.25) is 0 Å². The van der Waals surface area contributed by atoms with E-state index in [2.05, 4.69) is 5.32 Å². The van der Waals surface area contributed by atoms with E-state index in [9.17, 15) is 16.8 Å². The van der Waals surface area contributed by atoms with Crippen LogP contribution in [-0.4, -0.2) is 78.0 Å². The van der Waals surface area contributed by atoms with Crippen LogP contribution in [0, 0.1) is 0 Å². The molecule has 0 aliphatic carbocycles. The number of nitrogens with two attached hydrogens (primary N) is 1. The summed E-state index contributed by atoms with van der Waals surface area (Å²) in [5, 5.41) is 61.1. The molecular weight excluding hydrogens is 432 g/mol. The lowest BCUT2D eigenvalue weighted by atomic mass is 10.1. The van der Waals surface area contributed by atoms with Gasteiger partial charge in [0.1, 0.15) is 15.0 Å². The van der Waals surface area contributed by atoms with Crippen molar-refractivity contribution in [3.8, 4) is 0 Å². The molecule has 0 bridgehead atoms. The smallest absolute Gasteiger partial charge is 0.300 e. The number of sulfonamides is 1. The number of fused-ring (bicyclic) bond motifs is 1. The van der Waals surface area contributed by atoms with E-state index >= 15 is 0 Å². The lowest BCUT2D eigenvalue weighted by molar-refractivity contribution is -0.333. The van der Waals surface area contributed by atoms with Gasteiger partial charge in [-0.3, -0.25) is 0 Å². The van der Waals surface area contributed by atoms with Gasteiger partial charge in [0.15, 0.2) is 5.44 Å². The van der Waals surface area contributed by atoms with Gasteiger partial charge >= 0.3 is 0 Å². The molecule has 9 N–H and O–H groups in total. The summed E-state index contributed by atoms with van der Waals surface area (Å²) >= 11 is 0.327. The van der Waals surface area contributed by atoms with E-state index in [1.165, 1.54) is 0 Å². The molecule has 0 aromatic carbocycles. The molecule has 2 atom stereocenters. The Hall–Kier alpha value is -0.760. The summed E-state index contributed by atoms with van der Waals surface area (Å²) in [4.78, 5) is 0. The first-order valence-electron chi connectivity index (χ1n) is 7.10. The number of ether oxygens (including phenoxy) is 1. The van der Waals surface area contributed by atoms with Crippen molar-refractivity contribution in [1.82, 2.24) is 5.32 Å². The van der Waals surface area contributed by atoms with E-state index in [-0.39, 0.29) is 5.56 Å². The Morgan fingerprint density at radius 1 is 1.22 bits per heavy atom. The van der Waals surface area contributed by atoms with Gasteiger partial charge in [-0.15, -0.1) is 11.3 Å². The van der Waals surface area contributed by atoms with Crippen LogP contribution in [0.3, 0.4) is 0 Å². The summed E-state index contributed by atoms with van der Waals surface area (Å²) in [6.45, 7) is -2.04. The summed E-state index contributed by atoms with van der Waals surface area (Å²) in [6, 6.07) is -0.0557. The second kappa shape index (κ2) is 7.25. The molecular formula is C11H18N2O11S3. The van der Waals surface area contributed by atoms with Crippen molar-refractivity contribution in [2.24, 2.45) is 5.14 Å². The fourth-order valence-electron chi connectivity index (χ4n) is 2.35. The van der Waals surface area contributed by atoms with Crippen molar-refractivity contribution in [2.75, 3.05) is 13.2 Å². The van der Waals surface area contributed by atoms with Crippen LogP contribution in [0.15, 0.2) is 14.5 Å². The Balaban J connectivity index is 2.45. The first-order valence-corrected chi connectivity index (χ1v) is 11.0. The molecule has 0 saturated carbocycles. The van der Waals surface area contributed by atoms with Crippen LogP contribution in [0.5, 0.6) is 0 Å². The van der Waals surface area contributed by atoms with Gasteiger partial charge in [-0.05, 0) is 6.07 Å². The summed E-state index contributed by atoms with van der Waals surface area (Å²) in [5.41, 5.74) is -1.80. The minimum atomic E-state index is -4.32. The van der Waals surface area contributed by atoms with Crippen LogP contribution in [-0.2, 0) is 24.6 Å². The topological polar surface area (TPSA) is 237 Å². The number of thiophene rings is 1. The van der Waals surface area contributed by atoms with E-state index < -0.39 is 71.3 Å². The molecule has 0 spiro atoms. The lowest BCUT2D eigenvalue weighted by Crippen LogP contribution is -2.45. The zero-order valence-corrected chi connectivity index (χ0v) is 15.8. The molecule has 2 rings (SSSR count). The molecule has 0 fully saturated rings. The quantitative estimate of drug-likeness (QED) is 0.185. The van der Waals surface area contributed by atoms with Crippen molar-refractivity contribution >= 4 is 31.2 Å². The maximum absolute atomic E-state index is 12.6. The molecule has 1 aromatic rings. The number of aliphatic hydroxyl groups is 6. The molecule has 2 heterocycles. The summed E-state index contributed by atoms with van der Waals surface area (Å²) < 4.78 is 52.3. The van der Waals surface area contributed by atoms with Crippen molar-refractivity contribution < 1.29 is 52.2 Å². The van der Waals surface area contributed by atoms with Gasteiger partial charge in [0, 0.05) is 18.0 Å². The average Bonchev–Trinajstić information content (AvgIpc) is 2.89. The second-order valence-electron chi connectivity index (χ2n) is 5.86. The van der Waals surface area contributed by atoms with E-state index in [0.717, 1.165) is 6.07 Å². The zero-order chi connectivity index (χ0) is 20.8. The largest absolute Gasteiger partial charge is 0.353 e. The summed E-state index contributed by atoms with van der Waals surface area (Å²) in [5.74, 6) is -6.45. The highest BCUT2D eigenvalue weighted by Crippen LogP contribution is 2.43. The molecule has 1 aliphatic rings. The summed E-state index contributed by atoms with van der Waals surface area (Å²) in [6.07, 6.45) is -0.442.